The fourth-order valence-electron chi connectivity index (χ4n) is 1.49. The summed E-state index contributed by atoms with van der Waals surface area (Å²) in [4.78, 5) is 0. The van der Waals surface area contributed by atoms with E-state index in [1.54, 1.807) is 0 Å². The summed E-state index contributed by atoms with van der Waals surface area (Å²) in [6.45, 7) is 0. The third kappa shape index (κ3) is 1.95. The van der Waals surface area contributed by atoms with E-state index in [0.29, 0.717) is 0 Å². The molecule has 0 amide bonds. The van der Waals surface area contributed by atoms with E-state index >= 15 is 0 Å². The first-order valence-electron chi connectivity index (χ1n) is 4.23. The molecule has 0 atom stereocenters. The average Bonchev–Trinajstić information content (AvgIpc) is 2.03. The van der Waals surface area contributed by atoms with Crippen LogP contribution in [0.2, 0.25) is 0 Å². The summed E-state index contributed by atoms with van der Waals surface area (Å²) in [6, 6.07) is 13.5. The Morgan fingerprint density at radius 1 is 0.667 bits per heavy atom. The van der Waals surface area contributed by atoms with E-state index in [4.69, 9.17) is 0 Å². The minimum atomic E-state index is 1.15. The predicted molar refractivity (Wildman–Crippen MR) is 54.7 cm³/mol. The summed E-state index contributed by atoms with van der Waals surface area (Å²) in [5.41, 5.74) is 0. The van der Waals surface area contributed by atoms with Crippen molar-refractivity contribution in [3.8, 4) is 0 Å². The molecule has 0 nitrogen and oxygen atoms in total. The van der Waals surface area contributed by atoms with Crippen LogP contribution in [0.4, 0.5) is 0 Å². The third-order valence-electron chi connectivity index (χ3n) is 2.15. The van der Waals surface area contributed by atoms with Crippen LogP contribution in [0, 0.1) is 0 Å². The molecule has 0 unspecified atom stereocenters. The van der Waals surface area contributed by atoms with Gasteiger partial charge in [-0.2, -0.15) is 0 Å². The molecule has 0 saturated carbocycles. The second-order valence-corrected chi connectivity index (χ2v) is 5.66. The van der Waals surface area contributed by atoms with Gasteiger partial charge in [-0.05, 0) is 0 Å². The molecule has 2 aromatic carbocycles. The molecule has 0 spiro atoms. The fraction of sp³-hybridized carbons (Fsp3) is 0. The van der Waals surface area contributed by atoms with Crippen LogP contribution in [-0.2, 0) is 0 Å². The number of rotatable bonds is 0. The van der Waals surface area contributed by atoms with Crippen LogP contribution >= 0.6 is 0 Å². The van der Waals surface area contributed by atoms with E-state index in [1.165, 1.54) is 16.4 Å². The monoisotopic (exact) mass is 172 g/mol. The third-order valence-corrected chi connectivity index (χ3v) is 3.40. The molecule has 0 bridgehead atoms. The molecule has 2 aromatic rings. The number of hydrogen-bond donors (Lipinski definition) is 0. The Bertz CT molecular complexity index is 384. The van der Waals surface area contributed by atoms with Gasteiger partial charge >= 0.3 is 109 Å². The van der Waals surface area contributed by atoms with Crippen molar-refractivity contribution in [2.45, 2.75) is 0 Å². The first-order valence-corrected chi connectivity index (χ1v) is 6.23. The van der Waals surface area contributed by atoms with E-state index in [2.05, 4.69) is 36.4 Å². The Balaban J connectivity index is 2.80. The molecule has 0 saturated heterocycles. The molecule has 0 fully saturated rings. The molecular weight excluding hydrogens is 166 g/mol. The molecule has 2 heteroatoms. The molecular formula is C10H6Na2. The molecule has 0 N–H and O–H groups in total. The van der Waals surface area contributed by atoms with Gasteiger partial charge in [0, 0.05) is 0 Å². The maximum atomic E-state index is 2.31. The van der Waals surface area contributed by atoms with Crippen LogP contribution in [-0.4, -0.2) is 55.9 Å². The first-order chi connectivity index (χ1) is 5.75. The van der Waals surface area contributed by atoms with Crippen LogP contribution < -0.4 is 5.63 Å². The van der Waals surface area contributed by atoms with Crippen LogP contribution in [0.15, 0.2) is 36.4 Å². The van der Waals surface area contributed by atoms with Crippen molar-refractivity contribution in [3.05, 3.63) is 36.4 Å². The van der Waals surface area contributed by atoms with Gasteiger partial charge in [-0.25, -0.2) is 0 Å². The summed E-state index contributed by atoms with van der Waals surface area (Å²) in [5, 5.41) is 2.78. The zero-order valence-electron chi connectivity index (χ0n) is 7.46. The van der Waals surface area contributed by atoms with Gasteiger partial charge in [-0.3, -0.25) is 0 Å². The van der Waals surface area contributed by atoms with Gasteiger partial charge in [0.25, 0.3) is 0 Å². The normalized spacial score (nSPS) is 10.7. The molecule has 12 heavy (non-hydrogen) atoms. The van der Waals surface area contributed by atoms with Crippen molar-refractivity contribution in [2.75, 3.05) is 0 Å². The molecule has 0 aliphatic rings. The van der Waals surface area contributed by atoms with E-state index in [0.717, 1.165) is 55.9 Å². The number of hydrogen-bond acceptors (Lipinski definition) is 0. The van der Waals surface area contributed by atoms with Gasteiger partial charge in [0.1, 0.15) is 0 Å². The first kappa shape index (κ1) is 9.26. The summed E-state index contributed by atoms with van der Waals surface area (Å²) >= 11 is 2.31. The van der Waals surface area contributed by atoms with E-state index in [1.807, 2.05) is 0 Å². The summed E-state index contributed by atoms with van der Waals surface area (Å²) in [6.07, 6.45) is 0. The summed E-state index contributed by atoms with van der Waals surface area (Å²) in [7, 11) is 0. The SMILES string of the molecule is [Na][c]1ccc2cc[c]([Na])cc2c1. The Morgan fingerprint density at radius 3 is 1.67 bits per heavy atom. The zero-order chi connectivity index (χ0) is 8.55. The average molecular weight is 172 g/mol. The van der Waals surface area contributed by atoms with E-state index in [9.17, 15) is 0 Å². The van der Waals surface area contributed by atoms with Crippen LogP contribution in [0.3, 0.4) is 0 Å². The van der Waals surface area contributed by atoms with Crippen molar-refractivity contribution in [3.63, 3.8) is 0 Å². The summed E-state index contributed by atoms with van der Waals surface area (Å²) < 4.78 is 2.96. The molecule has 0 radical (unpaired) electrons. The quantitative estimate of drug-likeness (QED) is 0.505. The van der Waals surface area contributed by atoms with Crippen LogP contribution in [0.1, 0.15) is 0 Å². The van der Waals surface area contributed by atoms with Gasteiger partial charge in [-0.15, -0.1) is 0 Å². The van der Waals surface area contributed by atoms with Crippen molar-refractivity contribution in [1.29, 1.82) is 0 Å². The summed E-state index contributed by atoms with van der Waals surface area (Å²) in [5.74, 6) is 0. The Hall–Kier alpha value is 0.700. The van der Waals surface area contributed by atoms with Gasteiger partial charge in [0.05, 0.1) is 0 Å². The van der Waals surface area contributed by atoms with Crippen molar-refractivity contribution < 1.29 is 0 Å². The fourth-order valence-corrected chi connectivity index (χ4v) is 2.44. The van der Waals surface area contributed by atoms with E-state index in [-0.39, 0.29) is 0 Å². The Kier molecular flexibility index (Phi) is 2.96. The molecule has 0 aromatic heterocycles. The number of benzene rings is 2. The van der Waals surface area contributed by atoms with E-state index < -0.39 is 0 Å². The van der Waals surface area contributed by atoms with Gasteiger partial charge in [-0.1, -0.05) is 0 Å². The van der Waals surface area contributed by atoms with Gasteiger partial charge in [0.15, 0.2) is 0 Å². The van der Waals surface area contributed by atoms with Gasteiger partial charge in [0.2, 0.25) is 0 Å². The molecule has 0 aliphatic heterocycles. The second kappa shape index (κ2) is 3.83. The Morgan fingerprint density at radius 2 is 1.17 bits per heavy atom. The Labute approximate surface area is 107 Å². The molecule has 2 rings (SSSR count). The maximum absolute atomic E-state index is 2.31. The van der Waals surface area contributed by atoms with Crippen LogP contribution in [0.5, 0.6) is 0 Å². The number of fused-ring (bicyclic) bond motifs is 1. The zero-order valence-corrected chi connectivity index (χ0v) is 11.5. The van der Waals surface area contributed by atoms with Crippen molar-refractivity contribution in [2.24, 2.45) is 0 Å². The second-order valence-electron chi connectivity index (χ2n) is 3.35. The predicted octanol–water partition coefficient (Wildman–Crippen LogP) is 0.427. The molecule has 0 aliphatic carbocycles. The van der Waals surface area contributed by atoms with Crippen molar-refractivity contribution in [1.82, 2.24) is 0 Å². The molecule has 0 heterocycles. The molecule has 48 valence electrons. The van der Waals surface area contributed by atoms with Crippen LogP contribution in [0.25, 0.3) is 10.8 Å². The standard InChI is InChI=1S/C10H6.2Na/c1-2-6-10-8-4-3-7-9(10)5-1;;/h1,3,5-8H;;. The van der Waals surface area contributed by atoms with Gasteiger partial charge < -0.3 is 0 Å². The topological polar surface area (TPSA) is 0 Å². The van der Waals surface area contributed by atoms with Crippen molar-refractivity contribution >= 4 is 72.3 Å². The minimum absolute atomic E-state index is 1.15.